The van der Waals surface area contributed by atoms with E-state index in [9.17, 15) is 22.4 Å². The standard InChI is InChI=1S/C17H13F4NOS/c18-14-3-1-2-12(10-14)15(23)22-8-9-24-16(22)11-4-6-13(7-5-11)17(19,20)21/h1-7,10,16H,8-9H2/t16-/m0/s1. The zero-order valence-electron chi connectivity index (χ0n) is 12.4. The number of hydrogen-bond donors (Lipinski definition) is 0. The Morgan fingerprint density at radius 1 is 1.12 bits per heavy atom. The molecule has 0 saturated carbocycles. The number of carbonyl (C=O) groups is 1. The summed E-state index contributed by atoms with van der Waals surface area (Å²) in [4.78, 5) is 14.1. The Morgan fingerprint density at radius 2 is 1.83 bits per heavy atom. The predicted molar refractivity (Wildman–Crippen MR) is 84.1 cm³/mol. The lowest BCUT2D eigenvalue weighted by atomic mass is 10.1. The van der Waals surface area contributed by atoms with E-state index in [4.69, 9.17) is 0 Å². The summed E-state index contributed by atoms with van der Waals surface area (Å²) in [6.45, 7) is 0.464. The van der Waals surface area contributed by atoms with Crippen molar-refractivity contribution >= 4 is 17.7 Å². The maximum Gasteiger partial charge on any atom is 0.416 e. The normalized spacial score (nSPS) is 18.0. The summed E-state index contributed by atoms with van der Waals surface area (Å²) in [5.41, 5.74) is 0.127. The van der Waals surface area contributed by atoms with E-state index in [-0.39, 0.29) is 16.8 Å². The quantitative estimate of drug-likeness (QED) is 0.726. The molecule has 126 valence electrons. The van der Waals surface area contributed by atoms with E-state index in [1.54, 1.807) is 4.90 Å². The van der Waals surface area contributed by atoms with Gasteiger partial charge in [0.05, 0.1) is 5.56 Å². The van der Waals surface area contributed by atoms with Crippen molar-refractivity contribution in [1.29, 1.82) is 0 Å². The second-order valence-corrected chi connectivity index (χ2v) is 6.54. The van der Waals surface area contributed by atoms with Crippen molar-refractivity contribution in [3.8, 4) is 0 Å². The Bertz CT molecular complexity index is 745. The third kappa shape index (κ3) is 3.40. The van der Waals surface area contributed by atoms with E-state index in [0.29, 0.717) is 17.9 Å². The monoisotopic (exact) mass is 355 g/mol. The molecule has 0 bridgehead atoms. The van der Waals surface area contributed by atoms with Crippen molar-refractivity contribution in [2.45, 2.75) is 11.6 Å². The van der Waals surface area contributed by atoms with Crippen LogP contribution in [0.25, 0.3) is 0 Å². The van der Waals surface area contributed by atoms with Crippen molar-refractivity contribution in [2.75, 3.05) is 12.3 Å². The van der Waals surface area contributed by atoms with Crippen LogP contribution >= 0.6 is 11.8 Å². The zero-order chi connectivity index (χ0) is 17.3. The van der Waals surface area contributed by atoms with Crippen molar-refractivity contribution in [3.63, 3.8) is 0 Å². The van der Waals surface area contributed by atoms with Gasteiger partial charge in [-0.05, 0) is 35.9 Å². The molecule has 1 atom stereocenters. The number of thioether (sulfide) groups is 1. The molecule has 0 unspecified atom stereocenters. The van der Waals surface area contributed by atoms with Crippen LogP contribution in [0.15, 0.2) is 48.5 Å². The van der Waals surface area contributed by atoms with Crippen molar-refractivity contribution in [3.05, 3.63) is 71.0 Å². The molecule has 1 fully saturated rings. The Kier molecular flexibility index (Phi) is 4.54. The van der Waals surface area contributed by atoms with Gasteiger partial charge in [0.2, 0.25) is 0 Å². The number of amides is 1. The van der Waals surface area contributed by atoms with Crippen LogP contribution < -0.4 is 0 Å². The Labute approximate surface area is 140 Å². The summed E-state index contributed by atoms with van der Waals surface area (Å²) < 4.78 is 51.3. The number of nitrogens with zero attached hydrogens (tertiary/aromatic N) is 1. The second-order valence-electron chi connectivity index (χ2n) is 5.35. The first-order valence-electron chi connectivity index (χ1n) is 7.21. The van der Waals surface area contributed by atoms with Gasteiger partial charge in [-0.2, -0.15) is 13.2 Å². The fourth-order valence-electron chi connectivity index (χ4n) is 2.58. The molecule has 2 nitrogen and oxygen atoms in total. The summed E-state index contributed by atoms with van der Waals surface area (Å²) in [6.07, 6.45) is -4.39. The number of hydrogen-bond acceptors (Lipinski definition) is 2. The van der Waals surface area contributed by atoms with Gasteiger partial charge in [0, 0.05) is 17.9 Å². The molecule has 1 amide bonds. The van der Waals surface area contributed by atoms with Gasteiger partial charge in [0.1, 0.15) is 11.2 Å². The molecule has 0 N–H and O–H groups in total. The molecule has 7 heteroatoms. The molecule has 0 aliphatic carbocycles. The Hall–Kier alpha value is -2.02. The highest BCUT2D eigenvalue weighted by atomic mass is 32.2. The molecule has 0 aromatic heterocycles. The lowest BCUT2D eigenvalue weighted by molar-refractivity contribution is -0.137. The van der Waals surface area contributed by atoms with Gasteiger partial charge in [-0.1, -0.05) is 18.2 Å². The summed E-state index contributed by atoms with van der Waals surface area (Å²) in [6, 6.07) is 10.2. The van der Waals surface area contributed by atoms with Crippen LogP contribution in [0.1, 0.15) is 26.9 Å². The van der Waals surface area contributed by atoms with E-state index in [0.717, 1.165) is 18.2 Å². The molecule has 1 aliphatic rings. The van der Waals surface area contributed by atoms with Crippen LogP contribution in [0.4, 0.5) is 17.6 Å². The van der Waals surface area contributed by atoms with Gasteiger partial charge in [-0.15, -0.1) is 11.8 Å². The minimum Gasteiger partial charge on any atom is -0.322 e. The first kappa shape index (κ1) is 16.8. The zero-order valence-corrected chi connectivity index (χ0v) is 13.2. The molecule has 1 saturated heterocycles. The molecule has 2 aromatic carbocycles. The maximum absolute atomic E-state index is 13.3. The van der Waals surface area contributed by atoms with Crippen LogP contribution in [-0.2, 0) is 6.18 Å². The number of alkyl halides is 3. The third-order valence-corrected chi connectivity index (χ3v) is 5.01. The SMILES string of the molecule is O=C(c1cccc(F)c1)N1CCS[C@H]1c1ccc(C(F)(F)F)cc1. The average molecular weight is 355 g/mol. The van der Waals surface area contributed by atoms with Gasteiger partial charge in [0.15, 0.2) is 0 Å². The van der Waals surface area contributed by atoms with E-state index >= 15 is 0 Å². The predicted octanol–water partition coefficient (Wildman–Crippen LogP) is 4.73. The first-order chi connectivity index (χ1) is 11.4. The van der Waals surface area contributed by atoms with Crippen LogP contribution in [0.3, 0.4) is 0 Å². The van der Waals surface area contributed by atoms with Crippen molar-refractivity contribution in [2.24, 2.45) is 0 Å². The van der Waals surface area contributed by atoms with E-state index < -0.39 is 17.6 Å². The summed E-state index contributed by atoms with van der Waals surface area (Å²) in [7, 11) is 0. The molecule has 3 rings (SSSR count). The first-order valence-corrected chi connectivity index (χ1v) is 8.26. The van der Waals surface area contributed by atoms with Crippen LogP contribution in [0, 0.1) is 5.82 Å². The van der Waals surface area contributed by atoms with Gasteiger partial charge >= 0.3 is 6.18 Å². The minimum absolute atomic E-state index is 0.231. The highest BCUT2D eigenvalue weighted by Gasteiger charge is 2.33. The van der Waals surface area contributed by atoms with Gasteiger partial charge in [0.25, 0.3) is 5.91 Å². The van der Waals surface area contributed by atoms with E-state index in [1.165, 1.54) is 42.1 Å². The molecule has 1 heterocycles. The summed E-state index contributed by atoms with van der Waals surface area (Å²) in [5.74, 6) is -0.157. The van der Waals surface area contributed by atoms with Crippen LogP contribution in [-0.4, -0.2) is 23.1 Å². The van der Waals surface area contributed by atoms with Gasteiger partial charge < -0.3 is 4.90 Å². The van der Waals surface area contributed by atoms with Crippen molar-refractivity contribution < 1.29 is 22.4 Å². The van der Waals surface area contributed by atoms with Gasteiger partial charge in [-0.3, -0.25) is 4.79 Å². The molecular weight excluding hydrogens is 342 g/mol. The number of benzene rings is 2. The van der Waals surface area contributed by atoms with Crippen LogP contribution in [0.2, 0.25) is 0 Å². The maximum atomic E-state index is 13.3. The van der Waals surface area contributed by atoms with Crippen molar-refractivity contribution in [1.82, 2.24) is 4.90 Å². The average Bonchev–Trinajstić information content (AvgIpc) is 3.03. The molecule has 24 heavy (non-hydrogen) atoms. The number of halogens is 4. The molecular formula is C17H13F4NOS. The highest BCUT2D eigenvalue weighted by molar-refractivity contribution is 7.99. The molecule has 0 spiro atoms. The molecule has 0 radical (unpaired) electrons. The van der Waals surface area contributed by atoms with Gasteiger partial charge in [-0.25, -0.2) is 4.39 Å². The number of carbonyl (C=O) groups excluding carboxylic acids is 1. The second kappa shape index (κ2) is 6.47. The fraction of sp³-hybridized carbons (Fsp3) is 0.235. The molecule has 2 aromatic rings. The highest BCUT2D eigenvalue weighted by Crippen LogP contribution is 2.39. The van der Waals surface area contributed by atoms with E-state index in [1.807, 2.05) is 0 Å². The van der Waals surface area contributed by atoms with E-state index in [2.05, 4.69) is 0 Å². The summed E-state index contributed by atoms with van der Waals surface area (Å²) >= 11 is 1.47. The number of rotatable bonds is 2. The summed E-state index contributed by atoms with van der Waals surface area (Å²) in [5, 5.41) is -0.372. The third-order valence-electron chi connectivity index (χ3n) is 3.75. The van der Waals surface area contributed by atoms with Crippen LogP contribution in [0.5, 0.6) is 0 Å². The Morgan fingerprint density at radius 3 is 2.46 bits per heavy atom. The smallest absolute Gasteiger partial charge is 0.322 e. The molecule has 1 aliphatic heterocycles. The Balaban J connectivity index is 1.84. The largest absolute Gasteiger partial charge is 0.416 e. The fourth-order valence-corrected chi connectivity index (χ4v) is 3.83. The lowest BCUT2D eigenvalue weighted by Crippen LogP contribution is -2.30. The lowest BCUT2D eigenvalue weighted by Gasteiger charge is -2.24. The minimum atomic E-state index is -4.39. The topological polar surface area (TPSA) is 20.3 Å².